The number of rotatable bonds is 11. The lowest BCUT2D eigenvalue weighted by Gasteiger charge is -2.18. The third kappa shape index (κ3) is 7.96. The number of unbranched alkanes of at least 4 members (excludes halogenated alkanes) is 1. The van der Waals surface area contributed by atoms with E-state index in [-0.39, 0.29) is 12.8 Å². The largest absolute Gasteiger partial charge is 0.480 e. The summed E-state index contributed by atoms with van der Waals surface area (Å²) < 4.78 is 5.03. The number of ketones is 1. The molecule has 8 nitrogen and oxygen atoms in total. The number of carbonyl (C=O) groups is 3. The van der Waals surface area contributed by atoms with Gasteiger partial charge in [-0.1, -0.05) is 19.8 Å². The SMILES string of the molecule is CCCC[C@H](OC)C(=O)N[C@@H](CCC(=O)C=[N+]=[N-])C(=O)O. The van der Waals surface area contributed by atoms with Crippen LogP contribution in [0.3, 0.4) is 0 Å². The molecule has 0 radical (unpaired) electrons. The van der Waals surface area contributed by atoms with Crippen molar-refractivity contribution in [2.75, 3.05) is 7.11 Å². The average molecular weight is 299 g/mol. The van der Waals surface area contributed by atoms with Crippen LogP contribution in [0.15, 0.2) is 0 Å². The molecule has 0 unspecified atom stereocenters. The smallest absolute Gasteiger partial charge is 0.326 e. The second kappa shape index (κ2) is 10.7. The summed E-state index contributed by atoms with van der Waals surface area (Å²) in [4.78, 5) is 36.7. The number of hydrogen-bond acceptors (Lipinski definition) is 4. The first-order chi connectivity index (χ1) is 9.96. The fourth-order valence-corrected chi connectivity index (χ4v) is 1.68. The molecule has 21 heavy (non-hydrogen) atoms. The standard InChI is InChI=1S/C13H21N3O5/c1-3-4-5-11(21-2)12(18)16-10(13(19)20)7-6-9(17)8-15-14/h8,10-11H,3-7H2,1-2H3,(H,16,18)(H,19,20)/t10-,11-/m0/s1. The minimum absolute atomic E-state index is 0.0872. The molecule has 0 spiro atoms. The van der Waals surface area contributed by atoms with Crippen molar-refractivity contribution in [2.24, 2.45) is 0 Å². The van der Waals surface area contributed by atoms with Gasteiger partial charge in [0.05, 0.1) is 0 Å². The van der Waals surface area contributed by atoms with Gasteiger partial charge in [0, 0.05) is 13.5 Å². The molecule has 0 aromatic heterocycles. The summed E-state index contributed by atoms with van der Waals surface area (Å²) >= 11 is 0. The van der Waals surface area contributed by atoms with Gasteiger partial charge in [-0.25, -0.2) is 4.79 Å². The fraction of sp³-hybridized carbons (Fsp3) is 0.692. The summed E-state index contributed by atoms with van der Waals surface area (Å²) in [7, 11) is 1.39. The number of Topliss-reactive ketones (excluding diaryl/α,β-unsaturated/α-hetero) is 1. The molecule has 2 N–H and O–H groups in total. The Labute approximate surface area is 123 Å². The van der Waals surface area contributed by atoms with Crippen molar-refractivity contribution in [1.29, 1.82) is 0 Å². The van der Waals surface area contributed by atoms with Gasteiger partial charge in [0.25, 0.3) is 0 Å². The summed E-state index contributed by atoms with van der Waals surface area (Å²) in [5.41, 5.74) is 8.19. The van der Waals surface area contributed by atoms with Crippen molar-refractivity contribution < 1.29 is 29.0 Å². The van der Waals surface area contributed by atoms with Gasteiger partial charge in [0.2, 0.25) is 11.7 Å². The van der Waals surface area contributed by atoms with Gasteiger partial charge < -0.3 is 20.7 Å². The number of amides is 1. The predicted molar refractivity (Wildman–Crippen MR) is 73.8 cm³/mol. The van der Waals surface area contributed by atoms with Crippen LogP contribution in [0.25, 0.3) is 5.53 Å². The van der Waals surface area contributed by atoms with E-state index in [4.69, 9.17) is 15.4 Å². The molecule has 0 saturated heterocycles. The molecule has 2 atom stereocenters. The fourth-order valence-electron chi connectivity index (χ4n) is 1.68. The molecule has 118 valence electrons. The Bertz CT molecular complexity index is 418. The van der Waals surface area contributed by atoms with Gasteiger partial charge in [-0.2, -0.15) is 4.79 Å². The van der Waals surface area contributed by atoms with Crippen LogP contribution in [-0.4, -0.2) is 53.0 Å². The molecule has 0 rings (SSSR count). The minimum Gasteiger partial charge on any atom is -0.480 e. The molecule has 0 aliphatic rings. The van der Waals surface area contributed by atoms with Gasteiger partial charge in [0.15, 0.2) is 0 Å². The van der Waals surface area contributed by atoms with Crippen molar-refractivity contribution in [2.45, 2.75) is 51.2 Å². The van der Waals surface area contributed by atoms with Gasteiger partial charge in [0.1, 0.15) is 12.1 Å². The number of carboxylic acid groups (broad SMARTS) is 1. The zero-order valence-electron chi connectivity index (χ0n) is 12.2. The number of carbonyl (C=O) groups excluding carboxylic acids is 2. The molecular formula is C13H21N3O5. The van der Waals surface area contributed by atoms with E-state index in [0.717, 1.165) is 12.8 Å². The van der Waals surface area contributed by atoms with E-state index in [9.17, 15) is 14.4 Å². The van der Waals surface area contributed by atoms with Crippen molar-refractivity contribution in [3.8, 4) is 0 Å². The predicted octanol–water partition coefficient (Wildman–Crippen LogP) is 0.411. The molecular weight excluding hydrogens is 278 g/mol. The highest BCUT2D eigenvalue weighted by molar-refractivity contribution is 6.25. The zero-order valence-corrected chi connectivity index (χ0v) is 12.2. The maximum atomic E-state index is 11.9. The van der Waals surface area contributed by atoms with E-state index >= 15 is 0 Å². The first-order valence-corrected chi connectivity index (χ1v) is 6.72. The Morgan fingerprint density at radius 2 is 2.05 bits per heavy atom. The molecule has 1 amide bonds. The first kappa shape index (κ1) is 18.9. The van der Waals surface area contributed by atoms with Crippen molar-refractivity contribution >= 4 is 23.9 Å². The first-order valence-electron chi connectivity index (χ1n) is 6.72. The summed E-state index contributed by atoms with van der Waals surface area (Å²) in [6.07, 6.45) is 1.94. The monoisotopic (exact) mass is 299 g/mol. The van der Waals surface area contributed by atoms with Crippen LogP contribution < -0.4 is 5.32 Å². The number of hydrogen-bond donors (Lipinski definition) is 2. The van der Waals surface area contributed by atoms with E-state index in [1.165, 1.54) is 7.11 Å². The maximum Gasteiger partial charge on any atom is 0.326 e. The maximum absolute atomic E-state index is 11.9. The van der Waals surface area contributed by atoms with Gasteiger partial charge in [-0.05, 0) is 12.8 Å². The highest BCUT2D eigenvalue weighted by atomic mass is 16.5. The quantitative estimate of drug-likeness (QED) is 0.324. The Balaban J connectivity index is 4.54. The number of carboxylic acids is 1. The molecule has 0 heterocycles. The van der Waals surface area contributed by atoms with Crippen LogP contribution in [0.5, 0.6) is 0 Å². The molecule has 0 fully saturated rings. The summed E-state index contributed by atoms with van der Waals surface area (Å²) in [6, 6.07) is -1.19. The molecule has 8 heteroatoms. The topological polar surface area (TPSA) is 129 Å². The number of aliphatic carboxylic acids is 1. The summed E-state index contributed by atoms with van der Waals surface area (Å²) in [5.74, 6) is -2.27. The molecule has 0 aliphatic heterocycles. The Morgan fingerprint density at radius 3 is 2.52 bits per heavy atom. The van der Waals surface area contributed by atoms with Gasteiger partial charge in [-0.15, -0.1) is 0 Å². The molecule has 0 aromatic carbocycles. The lowest BCUT2D eigenvalue weighted by molar-refractivity contribution is -0.144. The molecule has 0 saturated carbocycles. The van der Waals surface area contributed by atoms with E-state index < -0.39 is 29.8 Å². The minimum atomic E-state index is -1.23. The van der Waals surface area contributed by atoms with Crippen LogP contribution in [0.2, 0.25) is 0 Å². The molecule has 0 bridgehead atoms. The average Bonchev–Trinajstić information content (AvgIpc) is 2.44. The van der Waals surface area contributed by atoms with Crippen LogP contribution in [0.1, 0.15) is 39.0 Å². The van der Waals surface area contributed by atoms with E-state index in [2.05, 4.69) is 10.1 Å². The third-order valence-corrected chi connectivity index (χ3v) is 2.89. The van der Waals surface area contributed by atoms with Crippen molar-refractivity contribution in [3.05, 3.63) is 5.53 Å². The molecule has 0 aliphatic carbocycles. The number of ether oxygens (including phenoxy) is 1. The van der Waals surface area contributed by atoms with Gasteiger partial charge >= 0.3 is 12.2 Å². The normalized spacial score (nSPS) is 12.9. The summed E-state index contributed by atoms with van der Waals surface area (Å²) in [5, 5.41) is 11.4. The number of nitrogens with zero attached hydrogens (tertiary/aromatic N) is 2. The Hall–Kier alpha value is -2.05. The summed E-state index contributed by atoms with van der Waals surface area (Å²) in [6.45, 7) is 1.97. The van der Waals surface area contributed by atoms with Gasteiger partial charge in [-0.3, -0.25) is 9.59 Å². The molecule has 0 aromatic rings. The highest BCUT2D eigenvalue weighted by Crippen LogP contribution is 2.06. The van der Waals surface area contributed by atoms with E-state index in [0.29, 0.717) is 12.6 Å². The Kier molecular flexibility index (Phi) is 9.66. The zero-order chi connectivity index (χ0) is 16.3. The van der Waals surface area contributed by atoms with Crippen LogP contribution >= 0.6 is 0 Å². The lowest BCUT2D eigenvalue weighted by Crippen LogP contribution is -2.46. The van der Waals surface area contributed by atoms with E-state index in [1.807, 2.05) is 6.92 Å². The highest BCUT2D eigenvalue weighted by Gasteiger charge is 2.25. The van der Waals surface area contributed by atoms with Crippen LogP contribution in [-0.2, 0) is 19.1 Å². The van der Waals surface area contributed by atoms with Crippen molar-refractivity contribution in [1.82, 2.24) is 5.32 Å². The van der Waals surface area contributed by atoms with Crippen molar-refractivity contribution in [3.63, 3.8) is 0 Å². The second-order valence-corrected chi connectivity index (χ2v) is 4.52. The number of nitrogens with one attached hydrogen (secondary N) is 1. The Morgan fingerprint density at radius 1 is 1.38 bits per heavy atom. The van der Waals surface area contributed by atoms with Crippen LogP contribution in [0.4, 0.5) is 0 Å². The third-order valence-electron chi connectivity index (χ3n) is 2.89. The van der Waals surface area contributed by atoms with Crippen LogP contribution in [0, 0.1) is 0 Å². The second-order valence-electron chi connectivity index (χ2n) is 4.52. The lowest BCUT2D eigenvalue weighted by atomic mass is 10.1. The number of methoxy groups -OCH3 is 1. The van der Waals surface area contributed by atoms with E-state index in [1.54, 1.807) is 0 Å².